The molecule has 0 saturated heterocycles. The molecule has 0 bridgehead atoms. The molecule has 0 aliphatic rings. The summed E-state index contributed by atoms with van der Waals surface area (Å²) in [4.78, 5) is 2.52. The second-order valence-corrected chi connectivity index (χ2v) is 6.85. The third-order valence-electron chi connectivity index (χ3n) is 4.41. The van der Waals surface area contributed by atoms with Crippen LogP contribution in [0.5, 0.6) is 0 Å². The van der Waals surface area contributed by atoms with Gasteiger partial charge in [0.05, 0.1) is 0 Å². The predicted molar refractivity (Wildman–Crippen MR) is 99.4 cm³/mol. The molecule has 0 aliphatic heterocycles. The molecule has 0 aliphatic carbocycles. The van der Waals surface area contributed by atoms with E-state index in [2.05, 4.69) is 91.7 Å². The number of hydrogen-bond donors (Lipinski definition) is 1. The molecule has 0 saturated carbocycles. The smallest absolute Gasteiger partial charge is 0.0237 e. The zero-order valence-electron chi connectivity index (χ0n) is 14.8. The van der Waals surface area contributed by atoms with Crippen molar-refractivity contribution in [3.8, 4) is 0 Å². The molecule has 0 fully saturated rings. The minimum atomic E-state index is 0.213. The molecule has 0 spiro atoms. The quantitative estimate of drug-likeness (QED) is 0.735. The van der Waals surface area contributed by atoms with Crippen LogP contribution in [0.2, 0.25) is 0 Å². The van der Waals surface area contributed by atoms with Gasteiger partial charge in [0, 0.05) is 31.7 Å². The SMILES string of the molecule is CCC(C)(C)NCCN(Cc1ccccc1)Cc1ccccc1. The molecule has 0 radical (unpaired) electrons. The molecule has 2 aromatic carbocycles. The fourth-order valence-electron chi connectivity index (χ4n) is 2.57. The van der Waals surface area contributed by atoms with Gasteiger partial charge >= 0.3 is 0 Å². The van der Waals surface area contributed by atoms with Crippen molar-refractivity contribution in [1.82, 2.24) is 10.2 Å². The Bertz CT molecular complexity index is 507. The Morgan fingerprint density at radius 2 is 1.30 bits per heavy atom. The van der Waals surface area contributed by atoms with Crippen LogP contribution in [-0.2, 0) is 13.1 Å². The molecule has 2 rings (SSSR count). The number of hydrogen-bond acceptors (Lipinski definition) is 2. The van der Waals surface area contributed by atoms with Gasteiger partial charge in [-0.3, -0.25) is 4.90 Å². The van der Waals surface area contributed by atoms with Crippen LogP contribution in [0.25, 0.3) is 0 Å². The molecule has 2 heteroatoms. The highest BCUT2D eigenvalue weighted by atomic mass is 15.1. The number of nitrogens with one attached hydrogen (secondary N) is 1. The molecule has 2 aromatic rings. The number of rotatable bonds is 9. The summed E-state index contributed by atoms with van der Waals surface area (Å²) in [6.07, 6.45) is 1.14. The third-order valence-corrected chi connectivity index (χ3v) is 4.41. The molecular weight excluding hydrogens is 280 g/mol. The Morgan fingerprint density at radius 3 is 1.74 bits per heavy atom. The Hall–Kier alpha value is -1.64. The lowest BCUT2D eigenvalue weighted by atomic mass is 10.0. The van der Waals surface area contributed by atoms with Gasteiger partial charge in [-0.15, -0.1) is 0 Å². The van der Waals surface area contributed by atoms with E-state index in [-0.39, 0.29) is 5.54 Å². The molecule has 0 atom stereocenters. The van der Waals surface area contributed by atoms with Crippen molar-refractivity contribution in [3.05, 3.63) is 71.8 Å². The van der Waals surface area contributed by atoms with Crippen LogP contribution in [0.4, 0.5) is 0 Å². The van der Waals surface area contributed by atoms with E-state index in [4.69, 9.17) is 0 Å². The van der Waals surface area contributed by atoms with Crippen LogP contribution < -0.4 is 5.32 Å². The Kier molecular flexibility index (Phi) is 6.82. The number of benzene rings is 2. The standard InChI is InChI=1S/C21H30N2/c1-4-21(2,3)22-15-16-23(17-19-11-7-5-8-12-19)18-20-13-9-6-10-14-20/h5-14,22H,4,15-18H2,1-3H3. The minimum absolute atomic E-state index is 0.213. The molecule has 0 unspecified atom stereocenters. The van der Waals surface area contributed by atoms with Gasteiger partial charge in [-0.1, -0.05) is 67.6 Å². The van der Waals surface area contributed by atoms with E-state index in [0.29, 0.717) is 0 Å². The third kappa shape index (κ3) is 6.55. The van der Waals surface area contributed by atoms with Crippen molar-refractivity contribution in [3.63, 3.8) is 0 Å². The van der Waals surface area contributed by atoms with Gasteiger partial charge in [0.25, 0.3) is 0 Å². The van der Waals surface area contributed by atoms with Gasteiger partial charge in [0.2, 0.25) is 0 Å². The van der Waals surface area contributed by atoms with Crippen LogP contribution in [0, 0.1) is 0 Å². The second-order valence-electron chi connectivity index (χ2n) is 6.85. The summed E-state index contributed by atoms with van der Waals surface area (Å²) in [6, 6.07) is 21.5. The summed E-state index contributed by atoms with van der Waals surface area (Å²) in [5.41, 5.74) is 2.96. The zero-order valence-corrected chi connectivity index (χ0v) is 14.8. The summed E-state index contributed by atoms with van der Waals surface area (Å²) >= 11 is 0. The largest absolute Gasteiger partial charge is 0.311 e. The lowest BCUT2D eigenvalue weighted by molar-refractivity contribution is 0.241. The lowest BCUT2D eigenvalue weighted by Gasteiger charge is -2.28. The zero-order chi connectivity index (χ0) is 16.5. The average Bonchev–Trinajstić information content (AvgIpc) is 2.56. The average molecular weight is 310 g/mol. The molecule has 0 aromatic heterocycles. The Balaban J connectivity index is 1.96. The summed E-state index contributed by atoms with van der Waals surface area (Å²) < 4.78 is 0. The van der Waals surface area contributed by atoms with Gasteiger partial charge in [0.15, 0.2) is 0 Å². The second kappa shape index (κ2) is 8.85. The molecule has 23 heavy (non-hydrogen) atoms. The van der Waals surface area contributed by atoms with Crippen LogP contribution in [0.3, 0.4) is 0 Å². The van der Waals surface area contributed by atoms with Gasteiger partial charge in [-0.2, -0.15) is 0 Å². The molecule has 0 heterocycles. The van der Waals surface area contributed by atoms with E-state index >= 15 is 0 Å². The van der Waals surface area contributed by atoms with E-state index < -0.39 is 0 Å². The minimum Gasteiger partial charge on any atom is -0.311 e. The number of nitrogens with zero attached hydrogens (tertiary/aromatic N) is 1. The molecular formula is C21H30N2. The fraction of sp³-hybridized carbons (Fsp3) is 0.429. The fourth-order valence-corrected chi connectivity index (χ4v) is 2.57. The Morgan fingerprint density at radius 1 is 0.826 bits per heavy atom. The van der Waals surface area contributed by atoms with E-state index in [1.54, 1.807) is 0 Å². The van der Waals surface area contributed by atoms with Crippen molar-refractivity contribution in [1.29, 1.82) is 0 Å². The molecule has 1 N–H and O–H groups in total. The van der Waals surface area contributed by atoms with E-state index in [1.165, 1.54) is 11.1 Å². The maximum Gasteiger partial charge on any atom is 0.0237 e. The lowest BCUT2D eigenvalue weighted by Crippen LogP contribution is -2.42. The van der Waals surface area contributed by atoms with E-state index in [9.17, 15) is 0 Å². The van der Waals surface area contributed by atoms with Crippen molar-refractivity contribution in [2.75, 3.05) is 13.1 Å². The molecule has 124 valence electrons. The first-order valence-electron chi connectivity index (χ1n) is 8.64. The van der Waals surface area contributed by atoms with Crippen molar-refractivity contribution < 1.29 is 0 Å². The highest BCUT2D eigenvalue weighted by Gasteiger charge is 2.14. The van der Waals surface area contributed by atoms with E-state index in [0.717, 1.165) is 32.6 Å². The maximum atomic E-state index is 3.67. The molecule has 0 amide bonds. The van der Waals surface area contributed by atoms with Crippen molar-refractivity contribution in [2.24, 2.45) is 0 Å². The first kappa shape index (κ1) is 17.7. The van der Waals surface area contributed by atoms with Gasteiger partial charge in [-0.25, -0.2) is 0 Å². The Labute approximate surface area is 141 Å². The summed E-state index contributed by atoms with van der Waals surface area (Å²) in [6.45, 7) is 10.8. The van der Waals surface area contributed by atoms with Crippen LogP contribution in [-0.4, -0.2) is 23.5 Å². The van der Waals surface area contributed by atoms with Gasteiger partial charge < -0.3 is 5.32 Å². The topological polar surface area (TPSA) is 15.3 Å². The summed E-state index contributed by atoms with van der Waals surface area (Å²) in [5, 5.41) is 3.67. The molecule has 2 nitrogen and oxygen atoms in total. The van der Waals surface area contributed by atoms with Crippen LogP contribution in [0.15, 0.2) is 60.7 Å². The van der Waals surface area contributed by atoms with Gasteiger partial charge in [-0.05, 0) is 31.4 Å². The normalized spacial score (nSPS) is 11.8. The highest BCUT2D eigenvalue weighted by molar-refractivity contribution is 5.17. The van der Waals surface area contributed by atoms with E-state index in [1.807, 2.05) is 0 Å². The summed E-state index contributed by atoms with van der Waals surface area (Å²) in [5.74, 6) is 0. The van der Waals surface area contributed by atoms with Gasteiger partial charge in [0.1, 0.15) is 0 Å². The van der Waals surface area contributed by atoms with Crippen LogP contribution in [0.1, 0.15) is 38.3 Å². The predicted octanol–water partition coefficient (Wildman–Crippen LogP) is 4.47. The van der Waals surface area contributed by atoms with Crippen molar-refractivity contribution >= 4 is 0 Å². The summed E-state index contributed by atoms with van der Waals surface area (Å²) in [7, 11) is 0. The first-order valence-corrected chi connectivity index (χ1v) is 8.64. The monoisotopic (exact) mass is 310 g/mol. The van der Waals surface area contributed by atoms with Crippen LogP contribution >= 0.6 is 0 Å². The van der Waals surface area contributed by atoms with Crippen molar-refractivity contribution in [2.45, 2.75) is 45.8 Å². The highest BCUT2D eigenvalue weighted by Crippen LogP contribution is 2.11. The maximum absolute atomic E-state index is 3.67. The first-order chi connectivity index (χ1) is 11.1.